The number of imidazole rings is 1. The lowest BCUT2D eigenvalue weighted by Crippen LogP contribution is -2.32. The quantitative estimate of drug-likeness (QED) is 0.369. The minimum absolute atomic E-state index is 0.181. The highest BCUT2D eigenvalue weighted by Crippen LogP contribution is 2.35. The number of nitrogens with zero attached hydrogens (tertiary/aromatic N) is 4. The fourth-order valence-electron chi connectivity index (χ4n) is 3.47. The summed E-state index contributed by atoms with van der Waals surface area (Å²) < 4.78 is 8.53. The van der Waals surface area contributed by atoms with E-state index in [-0.39, 0.29) is 5.91 Å². The van der Waals surface area contributed by atoms with Gasteiger partial charge in [0, 0.05) is 30.5 Å². The molecule has 0 unspecified atom stereocenters. The van der Waals surface area contributed by atoms with E-state index in [1.54, 1.807) is 42.7 Å². The minimum Gasteiger partial charge on any atom is -0.496 e. The van der Waals surface area contributed by atoms with Crippen molar-refractivity contribution >= 4 is 44.2 Å². The second kappa shape index (κ2) is 9.08. The third-order valence-corrected chi connectivity index (χ3v) is 6.60. The molecule has 0 aliphatic heterocycles. The van der Waals surface area contributed by atoms with Crippen molar-refractivity contribution in [3.8, 4) is 5.75 Å². The fourth-order valence-corrected chi connectivity index (χ4v) is 4.78. The monoisotopic (exact) mass is 454 g/mol. The van der Waals surface area contributed by atoms with Gasteiger partial charge >= 0.3 is 0 Å². The number of ether oxygens (including phenoxy) is 1. The summed E-state index contributed by atoms with van der Waals surface area (Å²) in [6.45, 7) is 5.36. The van der Waals surface area contributed by atoms with Gasteiger partial charge in [-0.25, -0.2) is 9.97 Å². The average molecular weight is 455 g/mol. The van der Waals surface area contributed by atoms with E-state index in [0.717, 1.165) is 34.3 Å². The molecule has 31 heavy (non-hydrogen) atoms. The molecule has 1 amide bonds. The lowest BCUT2D eigenvalue weighted by molar-refractivity contribution is 0.0983. The third-order valence-electron chi connectivity index (χ3n) is 5.16. The SMILES string of the molecule is COc1ccc(Cl)cc1C(=O)N(CCCn1ccnc1)c1nc2c(C)ccc(C)c2s1. The molecular weight excluding hydrogens is 432 g/mol. The molecule has 8 heteroatoms. The maximum Gasteiger partial charge on any atom is 0.263 e. The number of carbonyl (C=O) groups is 1. The molecular formula is C23H23ClN4O2S. The summed E-state index contributed by atoms with van der Waals surface area (Å²) in [7, 11) is 1.55. The van der Waals surface area contributed by atoms with Crippen molar-refractivity contribution in [2.45, 2.75) is 26.8 Å². The first kappa shape index (κ1) is 21.3. The number of amides is 1. The van der Waals surface area contributed by atoms with Gasteiger partial charge in [-0.2, -0.15) is 0 Å². The Labute approximate surface area is 190 Å². The maximum atomic E-state index is 13.7. The summed E-state index contributed by atoms with van der Waals surface area (Å²) in [5, 5.41) is 1.16. The third kappa shape index (κ3) is 4.43. The Bertz CT molecular complexity index is 1180. The predicted octanol–water partition coefficient (Wildman–Crippen LogP) is 5.51. The van der Waals surface area contributed by atoms with Crippen LogP contribution < -0.4 is 9.64 Å². The summed E-state index contributed by atoms with van der Waals surface area (Å²) in [4.78, 5) is 24.3. The molecule has 2 aromatic carbocycles. The molecule has 0 bridgehead atoms. The second-order valence-corrected chi connectivity index (χ2v) is 8.74. The van der Waals surface area contributed by atoms with Crippen LogP contribution >= 0.6 is 22.9 Å². The molecule has 6 nitrogen and oxygen atoms in total. The van der Waals surface area contributed by atoms with E-state index < -0.39 is 0 Å². The number of carbonyl (C=O) groups excluding carboxylic acids is 1. The van der Waals surface area contributed by atoms with Crippen LogP contribution in [0.5, 0.6) is 5.75 Å². The summed E-state index contributed by atoms with van der Waals surface area (Å²) >= 11 is 7.73. The molecule has 0 spiro atoms. The van der Waals surface area contributed by atoms with Gasteiger partial charge in [-0.1, -0.05) is 35.1 Å². The minimum atomic E-state index is -0.181. The van der Waals surface area contributed by atoms with Crippen molar-refractivity contribution < 1.29 is 9.53 Å². The zero-order valence-corrected chi connectivity index (χ0v) is 19.2. The second-order valence-electron chi connectivity index (χ2n) is 7.33. The molecule has 0 N–H and O–H groups in total. The summed E-state index contributed by atoms with van der Waals surface area (Å²) in [6.07, 6.45) is 6.19. The predicted molar refractivity (Wildman–Crippen MR) is 126 cm³/mol. The van der Waals surface area contributed by atoms with Crippen LogP contribution in [0, 0.1) is 13.8 Å². The smallest absolute Gasteiger partial charge is 0.263 e. The van der Waals surface area contributed by atoms with E-state index in [2.05, 4.69) is 24.0 Å². The van der Waals surface area contributed by atoms with Crippen LogP contribution in [-0.2, 0) is 6.54 Å². The van der Waals surface area contributed by atoms with Crippen LogP contribution in [0.3, 0.4) is 0 Å². The van der Waals surface area contributed by atoms with E-state index in [1.165, 1.54) is 11.3 Å². The Morgan fingerprint density at radius 3 is 2.74 bits per heavy atom. The van der Waals surface area contributed by atoms with Crippen LogP contribution in [0.4, 0.5) is 5.13 Å². The van der Waals surface area contributed by atoms with Gasteiger partial charge in [0.1, 0.15) is 5.75 Å². The lowest BCUT2D eigenvalue weighted by Gasteiger charge is -2.21. The van der Waals surface area contributed by atoms with Crippen LogP contribution in [-0.4, -0.2) is 34.1 Å². The highest BCUT2D eigenvalue weighted by atomic mass is 35.5. The Balaban J connectivity index is 1.72. The van der Waals surface area contributed by atoms with E-state index in [9.17, 15) is 4.79 Å². The number of rotatable bonds is 7. The zero-order chi connectivity index (χ0) is 22.0. The number of fused-ring (bicyclic) bond motifs is 1. The highest BCUT2D eigenvalue weighted by Gasteiger charge is 2.25. The fraction of sp³-hybridized carbons (Fsp3) is 0.261. The molecule has 0 radical (unpaired) electrons. The number of hydrogen-bond donors (Lipinski definition) is 0. The van der Waals surface area contributed by atoms with E-state index in [0.29, 0.717) is 28.0 Å². The summed E-state index contributed by atoms with van der Waals surface area (Å²) in [5.74, 6) is 0.307. The Morgan fingerprint density at radius 2 is 2.03 bits per heavy atom. The van der Waals surface area contributed by atoms with E-state index >= 15 is 0 Å². The Morgan fingerprint density at radius 1 is 1.23 bits per heavy atom. The van der Waals surface area contributed by atoms with Crippen LogP contribution in [0.1, 0.15) is 27.9 Å². The molecule has 0 saturated heterocycles. The Kier molecular flexibility index (Phi) is 6.25. The van der Waals surface area contributed by atoms with E-state index in [1.807, 2.05) is 17.7 Å². The molecule has 0 aliphatic rings. The molecule has 2 aromatic heterocycles. The summed E-state index contributed by atoms with van der Waals surface area (Å²) in [5.41, 5.74) is 3.60. The van der Waals surface area contributed by atoms with Gasteiger partial charge in [0.25, 0.3) is 5.91 Å². The van der Waals surface area contributed by atoms with Crippen LogP contribution in [0.2, 0.25) is 5.02 Å². The number of methoxy groups -OCH3 is 1. The average Bonchev–Trinajstić information content (AvgIpc) is 3.44. The van der Waals surface area contributed by atoms with Crippen LogP contribution in [0.15, 0.2) is 49.1 Å². The maximum absolute atomic E-state index is 13.7. The number of aryl methyl sites for hydroxylation is 3. The lowest BCUT2D eigenvalue weighted by atomic mass is 10.1. The van der Waals surface area contributed by atoms with Crippen molar-refractivity contribution in [2.75, 3.05) is 18.6 Å². The molecule has 4 rings (SSSR count). The van der Waals surface area contributed by atoms with Gasteiger partial charge in [0.05, 0.1) is 29.2 Å². The first-order chi connectivity index (χ1) is 15.0. The van der Waals surface area contributed by atoms with Crippen molar-refractivity contribution in [1.82, 2.24) is 14.5 Å². The largest absolute Gasteiger partial charge is 0.496 e. The molecule has 0 fully saturated rings. The molecule has 0 aliphatic carbocycles. The van der Waals surface area contributed by atoms with Crippen molar-refractivity contribution in [1.29, 1.82) is 0 Å². The van der Waals surface area contributed by atoms with Gasteiger partial charge in [0.15, 0.2) is 5.13 Å². The van der Waals surface area contributed by atoms with Gasteiger partial charge < -0.3 is 9.30 Å². The molecule has 4 aromatic rings. The van der Waals surface area contributed by atoms with Crippen molar-refractivity contribution in [3.05, 3.63) is 70.8 Å². The summed E-state index contributed by atoms with van der Waals surface area (Å²) in [6, 6.07) is 9.23. The van der Waals surface area contributed by atoms with Gasteiger partial charge in [-0.05, 0) is 49.6 Å². The van der Waals surface area contributed by atoms with E-state index in [4.69, 9.17) is 21.3 Å². The van der Waals surface area contributed by atoms with Crippen molar-refractivity contribution in [3.63, 3.8) is 0 Å². The first-order valence-electron chi connectivity index (χ1n) is 9.96. The molecule has 0 atom stereocenters. The number of benzene rings is 2. The number of aromatic nitrogens is 3. The zero-order valence-electron chi connectivity index (χ0n) is 17.6. The highest BCUT2D eigenvalue weighted by molar-refractivity contribution is 7.22. The molecule has 0 saturated carbocycles. The van der Waals surface area contributed by atoms with Gasteiger partial charge in [-0.3, -0.25) is 9.69 Å². The number of anilines is 1. The van der Waals surface area contributed by atoms with Gasteiger partial charge in [-0.15, -0.1) is 0 Å². The molecule has 2 heterocycles. The van der Waals surface area contributed by atoms with Crippen LogP contribution in [0.25, 0.3) is 10.2 Å². The molecule has 160 valence electrons. The topological polar surface area (TPSA) is 60.2 Å². The standard InChI is InChI=1S/C23H23ClN4O2S/c1-15-5-6-16(2)21-20(15)26-23(31-21)28(11-4-10-27-12-9-25-14-27)22(29)18-13-17(24)7-8-19(18)30-3/h5-9,12-14H,4,10-11H2,1-3H3. The van der Waals surface area contributed by atoms with Gasteiger partial charge in [0.2, 0.25) is 0 Å². The normalized spacial score (nSPS) is 11.1. The number of thiazole rings is 1. The number of hydrogen-bond acceptors (Lipinski definition) is 5. The van der Waals surface area contributed by atoms with Crippen molar-refractivity contribution in [2.24, 2.45) is 0 Å². The Hall–Kier alpha value is -2.90. The first-order valence-corrected chi connectivity index (χ1v) is 11.1. The number of halogens is 1.